The summed E-state index contributed by atoms with van der Waals surface area (Å²) in [5.74, 6) is -0.159. The van der Waals surface area contributed by atoms with Crippen molar-refractivity contribution in [2.24, 2.45) is 0 Å². The fraction of sp³-hybridized carbons (Fsp3) is 0.158. The maximum Gasteiger partial charge on any atom is 0.261 e. The fourth-order valence-electron chi connectivity index (χ4n) is 2.93. The Morgan fingerprint density at radius 3 is 2.56 bits per heavy atom. The number of fused-ring (bicyclic) bond motifs is 1. The van der Waals surface area contributed by atoms with Crippen molar-refractivity contribution in [1.82, 2.24) is 4.98 Å². The van der Waals surface area contributed by atoms with Crippen LogP contribution in [0.15, 0.2) is 53.3 Å². The first-order valence-electron chi connectivity index (χ1n) is 7.85. The van der Waals surface area contributed by atoms with Gasteiger partial charge in [0.15, 0.2) is 0 Å². The molecule has 0 aliphatic carbocycles. The summed E-state index contributed by atoms with van der Waals surface area (Å²) in [6.07, 6.45) is 0.567. The van der Waals surface area contributed by atoms with E-state index < -0.39 is 18.1 Å². The Bertz CT molecular complexity index is 968. The minimum atomic E-state index is -0.556. The third-order valence-electron chi connectivity index (χ3n) is 4.01. The largest absolute Gasteiger partial charge is 0.392 e. The van der Waals surface area contributed by atoms with Gasteiger partial charge in [0.25, 0.3) is 11.5 Å². The number of aliphatic hydroxyl groups excluding tert-OH is 1. The number of para-hydroxylation sites is 1. The topological polar surface area (TPSA) is 82.2 Å². The molecule has 0 aliphatic heterocycles. The third-order valence-corrected chi connectivity index (χ3v) is 4.20. The van der Waals surface area contributed by atoms with Crippen molar-refractivity contribution in [2.75, 3.05) is 11.2 Å². The van der Waals surface area contributed by atoms with Gasteiger partial charge in [-0.05, 0) is 30.2 Å². The molecule has 0 fully saturated rings. The number of carbonyl (C=O) groups excluding carboxylic acids is 1. The molecule has 3 N–H and O–H groups in total. The molecular formula is C19H17ClN2O3. The van der Waals surface area contributed by atoms with E-state index in [1.807, 2.05) is 18.2 Å². The van der Waals surface area contributed by atoms with Crippen LogP contribution >= 0.6 is 11.6 Å². The zero-order valence-corrected chi connectivity index (χ0v) is 14.1. The summed E-state index contributed by atoms with van der Waals surface area (Å²) in [7, 11) is 0. The van der Waals surface area contributed by atoms with E-state index in [-0.39, 0.29) is 5.56 Å². The Labute approximate surface area is 149 Å². The minimum Gasteiger partial charge on any atom is -0.392 e. The van der Waals surface area contributed by atoms with Gasteiger partial charge >= 0.3 is 0 Å². The summed E-state index contributed by atoms with van der Waals surface area (Å²) in [6, 6.07) is 14.3. The van der Waals surface area contributed by atoms with Crippen LogP contribution in [0.3, 0.4) is 0 Å². The number of benzene rings is 2. The third kappa shape index (κ3) is 3.43. The van der Waals surface area contributed by atoms with E-state index in [0.717, 1.165) is 5.56 Å². The molecule has 6 heteroatoms. The highest BCUT2D eigenvalue weighted by atomic mass is 35.5. The molecule has 3 aromatic rings. The van der Waals surface area contributed by atoms with Crippen molar-refractivity contribution < 1.29 is 9.90 Å². The van der Waals surface area contributed by atoms with Crippen molar-refractivity contribution in [2.45, 2.75) is 13.0 Å². The Morgan fingerprint density at radius 2 is 1.88 bits per heavy atom. The number of aliphatic hydroxyl groups is 1. The SMILES string of the molecule is O=C(Nc1ccccc1)c1c(CO)c2c(CCCl)cccc2[nH]c1=O. The van der Waals surface area contributed by atoms with Gasteiger partial charge in [-0.2, -0.15) is 0 Å². The Balaban J connectivity index is 2.17. The molecule has 1 amide bonds. The Morgan fingerprint density at radius 1 is 1.12 bits per heavy atom. The summed E-state index contributed by atoms with van der Waals surface area (Å²) < 4.78 is 0. The van der Waals surface area contributed by atoms with E-state index in [2.05, 4.69) is 10.3 Å². The maximum atomic E-state index is 12.7. The number of aromatic amines is 1. The molecule has 0 aliphatic rings. The predicted molar refractivity (Wildman–Crippen MR) is 99.3 cm³/mol. The van der Waals surface area contributed by atoms with Gasteiger partial charge in [0.2, 0.25) is 0 Å². The number of anilines is 1. The number of aryl methyl sites for hydroxylation is 1. The molecule has 0 spiro atoms. The summed E-state index contributed by atoms with van der Waals surface area (Å²) in [5, 5.41) is 13.2. The van der Waals surface area contributed by atoms with Gasteiger partial charge in [-0.1, -0.05) is 30.3 Å². The molecule has 25 heavy (non-hydrogen) atoms. The van der Waals surface area contributed by atoms with Gasteiger partial charge in [-0.15, -0.1) is 11.6 Å². The molecule has 3 rings (SSSR count). The summed E-state index contributed by atoms with van der Waals surface area (Å²) in [6.45, 7) is -0.419. The quantitative estimate of drug-likeness (QED) is 0.614. The van der Waals surface area contributed by atoms with Gasteiger partial charge in [-0.25, -0.2) is 0 Å². The van der Waals surface area contributed by atoms with Crippen LogP contribution in [0.4, 0.5) is 5.69 Å². The van der Waals surface area contributed by atoms with E-state index in [9.17, 15) is 14.7 Å². The first kappa shape index (κ1) is 17.2. The molecule has 128 valence electrons. The number of pyridine rings is 1. The van der Waals surface area contributed by atoms with E-state index in [0.29, 0.717) is 34.5 Å². The van der Waals surface area contributed by atoms with Crippen LogP contribution in [0.2, 0.25) is 0 Å². The van der Waals surface area contributed by atoms with Gasteiger partial charge in [-0.3, -0.25) is 9.59 Å². The summed E-state index contributed by atoms with van der Waals surface area (Å²) >= 11 is 5.86. The number of H-pyrrole nitrogens is 1. The normalized spacial score (nSPS) is 10.8. The standard InChI is InChI=1S/C19H17ClN2O3/c20-10-9-12-5-4-8-15-16(12)14(11-23)17(19(25)22-15)18(24)21-13-6-2-1-3-7-13/h1-8,23H,9-11H2,(H,21,24)(H,22,25). The number of carbonyl (C=O) groups is 1. The molecule has 2 aromatic carbocycles. The molecule has 5 nitrogen and oxygen atoms in total. The molecule has 0 atom stereocenters. The van der Waals surface area contributed by atoms with Crippen LogP contribution in [0.25, 0.3) is 10.9 Å². The van der Waals surface area contributed by atoms with Crippen LogP contribution in [0.5, 0.6) is 0 Å². The molecule has 1 aromatic heterocycles. The zero-order valence-electron chi connectivity index (χ0n) is 13.4. The average molecular weight is 357 g/mol. The first-order chi connectivity index (χ1) is 12.2. The zero-order chi connectivity index (χ0) is 17.8. The van der Waals surface area contributed by atoms with Gasteiger partial charge in [0.1, 0.15) is 5.56 Å². The lowest BCUT2D eigenvalue weighted by atomic mass is 9.97. The van der Waals surface area contributed by atoms with Crippen LogP contribution < -0.4 is 10.9 Å². The number of halogens is 1. The number of aromatic nitrogens is 1. The van der Waals surface area contributed by atoms with Crippen LogP contribution in [-0.4, -0.2) is 21.9 Å². The second-order valence-corrected chi connectivity index (χ2v) is 5.94. The average Bonchev–Trinajstić information content (AvgIpc) is 2.61. The number of nitrogens with one attached hydrogen (secondary N) is 2. The molecule has 0 saturated carbocycles. The Hall–Kier alpha value is -2.63. The Kier molecular flexibility index (Phi) is 5.16. The van der Waals surface area contributed by atoms with E-state index in [4.69, 9.17) is 11.6 Å². The molecule has 0 bridgehead atoms. The monoisotopic (exact) mass is 356 g/mol. The summed E-state index contributed by atoms with van der Waals surface area (Å²) in [4.78, 5) is 27.8. The van der Waals surface area contributed by atoms with E-state index in [1.54, 1.807) is 30.3 Å². The highest BCUT2D eigenvalue weighted by molar-refractivity contribution is 6.18. The van der Waals surface area contributed by atoms with Crippen molar-refractivity contribution >= 4 is 34.1 Å². The molecule has 0 unspecified atom stereocenters. The van der Waals surface area contributed by atoms with Crippen molar-refractivity contribution in [3.63, 3.8) is 0 Å². The smallest absolute Gasteiger partial charge is 0.261 e. The predicted octanol–water partition coefficient (Wildman–Crippen LogP) is 3.05. The fourth-order valence-corrected chi connectivity index (χ4v) is 3.13. The molecule has 0 saturated heterocycles. The van der Waals surface area contributed by atoms with Crippen molar-refractivity contribution in [3.05, 3.63) is 75.6 Å². The summed E-state index contributed by atoms with van der Waals surface area (Å²) in [5.41, 5.74) is 1.72. The van der Waals surface area contributed by atoms with Crippen molar-refractivity contribution in [3.8, 4) is 0 Å². The van der Waals surface area contributed by atoms with Gasteiger partial charge in [0.05, 0.1) is 6.61 Å². The second-order valence-electron chi connectivity index (χ2n) is 5.56. The van der Waals surface area contributed by atoms with E-state index >= 15 is 0 Å². The number of alkyl halides is 1. The van der Waals surface area contributed by atoms with Crippen molar-refractivity contribution in [1.29, 1.82) is 0 Å². The molecule has 0 radical (unpaired) electrons. The number of amides is 1. The van der Waals surface area contributed by atoms with Gasteiger partial charge < -0.3 is 15.4 Å². The number of rotatable bonds is 5. The molecule has 1 heterocycles. The molecular weight excluding hydrogens is 340 g/mol. The highest BCUT2D eigenvalue weighted by Crippen LogP contribution is 2.24. The first-order valence-corrected chi connectivity index (χ1v) is 8.39. The van der Waals surface area contributed by atoms with Crippen LogP contribution in [-0.2, 0) is 13.0 Å². The minimum absolute atomic E-state index is 0.0825. The highest BCUT2D eigenvalue weighted by Gasteiger charge is 2.20. The lowest BCUT2D eigenvalue weighted by molar-refractivity contribution is 0.102. The maximum absolute atomic E-state index is 12.7. The lowest BCUT2D eigenvalue weighted by Gasteiger charge is -2.14. The van der Waals surface area contributed by atoms with E-state index in [1.165, 1.54) is 0 Å². The van der Waals surface area contributed by atoms with Gasteiger partial charge in [0, 0.05) is 28.0 Å². The number of hydrogen-bond acceptors (Lipinski definition) is 3. The number of hydrogen-bond donors (Lipinski definition) is 3. The second kappa shape index (κ2) is 7.51. The van der Waals surface area contributed by atoms with Crippen LogP contribution in [0.1, 0.15) is 21.5 Å². The van der Waals surface area contributed by atoms with Crippen LogP contribution in [0, 0.1) is 0 Å². The lowest BCUT2D eigenvalue weighted by Crippen LogP contribution is -2.26.